The van der Waals surface area contributed by atoms with Crippen molar-refractivity contribution in [3.8, 4) is 11.4 Å². The van der Waals surface area contributed by atoms with E-state index in [-0.39, 0.29) is 5.56 Å². The van der Waals surface area contributed by atoms with Gasteiger partial charge in [0.15, 0.2) is 5.82 Å². The number of rotatable bonds is 6. The molecule has 0 atom stereocenters. The zero-order valence-corrected chi connectivity index (χ0v) is 17.5. The van der Waals surface area contributed by atoms with Gasteiger partial charge in [-0.25, -0.2) is 4.98 Å². The number of carbonyl (C=O) groups excluding carboxylic acids is 1. The largest absolute Gasteiger partial charge is 0.405 e. The normalized spacial score (nSPS) is 11.8. The van der Waals surface area contributed by atoms with E-state index in [2.05, 4.69) is 33.3 Å². The number of amides is 1. The number of hydrogen-bond acceptors (Lipinski definition) is 4. The van der Waals surface area contributed by atoms with E-state index in [0.29, 0.717) is 17.8 Å². The summed E-state index contributed by atoms with van der Waals surface area (Å²) in [6.07, 6.45) is -1.18. The molecular weight excluding hydrogens is 421 g/mol. The Morgan fingerprint density at radius 2 is 1.91 bits per heavy atom. The Bertz CT molecular complexity index is 1260. The van der Waals surface area contributed by atoms with Crippen LogP contribution >= 0.6 is 0 Å². The number of fused-ring (bicyclic) bond motifs is 1. The summed E-state index contributed by atoms with van der Waals surface area (Å²) < 4.78 is 38.6. The highest BCUT2D eigenvalue weighted by Crippen LogP contribution is 2.24. The first-order valence-corrected chi connectivity index (χ1v) is 10.0. The van der Waals surface area contributed by atoms with Gasteiger partial charge in [-0.05, 0) is 35.7 Å². The van der Waals surface area contributed by atoms with Crippen LogP contribution in [0.3, 0.4) is 0 Å². The highest BCUT2D eigenvalue weighted by molar-refractivity contribution is 5.94. The second-order valence-corrected chi connectivity index (χ2v) is 7.42. The maximum absolute atomic E-state index is 12.3. The average molecular weight is 442 g/mol. The van der Waals surface area contributed by atoms with Gasteiger partial charge in [0.2, 0.25) is 0 Å². The molecule has 4 rings (SSSR count). The Morgan fingerprint density at radius 3 is 2.59 bits per heavy atom. The molecule has 2 aromatic carbocycles. The summed E-state index contributed by atoms with van der Waals surface area (Å²) in [4.78, 5) is 16.5. The molecule has 0 aliphatic carbocycles. The Morgan fingerprint density at radius 1 is 1.16 bits per heavy atom. The van der Waals surface area contributed by atoms with Crippen LogP contribution in [0.1, 0.15) is 34.2 Å². The SMILES string of the molecule is CCc1c(Cc2nc(-c3ccc(C(=O)NCC(F)(F)F)cc3)nn2C)ccc2[nH]ncc12. The van der Waals surface area contributed by atoms with Gasteiger partial charge < -0.3 is 5.32 Å². The first kappa shape index (κ1) is 21.5. The lowest BCUT2D eigenvalue weighted by molar-refractivity contribution is -0.123. The molecule has 2 heterocycles. The lowest BCUT2D eigenvalue weighted by Crippen LogP contribution is -2.33. The predicted molar refractivity (Wildman–Crippen MR) is 113 cm³/mol. The van der Waals surface area contributed by atoms with E-state index in [1.807, 2.05) is 24.6 Å². The fraction of sp³-hybridized carbons (Fsp3) is 0.273. The second-order valence-electron chi connectivity index (χ2n) is 7.42. The molecule has 2 aromatic heterocycles. The van der Waals surface area contributed by atoms with Crippen molar-refractivity contribution in [1.82, 2.24) is 30.3 Å². The van der Waals surface area contributed by atoms with Crippen molar-refractivity contribution in [2.24, 2.45) is 7.05 Å². The molecule has 0 bridgehead atoms. The molecule has 2 N–H and O–H groups in total. The first-order valence-electron chi connectivity index (χ1n) is 10.0. The molecule has 10 heteroatoms. The third-order valence-corrected chi connectivity index (χ3v) is 5.24. The number of aromatic nitrogens is 5. The third-order valence-electron chi connectivity index (χ3n) is 5.24. The van der Waals surface area contributed by atoms with Crippen molar-refractivity contribution in [3.05, 3.63) is 65.1 Å². The van der Waals surface area contributed by atoms with E-state index >= 15 is 0 Å². The molecule has 0 aliphatic rings. The minimum Gasteiger partial charge on any atom is -0.343 e. The van der Waals surface area contributed by atoms with Gasteiger partial charge in [-0.2, -0.15) is 23.4 Å². The molecule has 0 radical (unpaired) electrons. The molecule has 7 nitrogen and oxygen atoms in total. The Kier molecular flexibility index (Phi) is 5.68. The van der Waals surface area contributed by atoms with E-state index in [4.69, 9.17) is 0 Å². The molecule has 0 fully saturated rings. The van der Waals surface area contributed by atoms with Crippen LogP contribution < -0.4 is 5.32 Å². The number of aryl methyl sites for hydroxylation is 2. The van der Waals surface area contributed by atoms with Gasteiger partial charge in [0.05, 0.1) is 11.7 Å². The van der Waals surface area contributed by atoms with E-state index in [9.17, 15) is 18.0 Å². The van der Waals surface area contributed by atoms with Gasteiger partial charge in [-0.3, -0.25) is 14.6 Å². The van der Waals surface area contributed by atoms with Crippen molar-refractivity contribution in [1.29, 1.82) is 0 Å². The van der Waals surface area contributed by atoms with Crippen LogP contribution in [-0.4, -0.2) is 43.6 Å². The Hall–Kier alpha value is -3.69. The highest BCUT2D eigenvalue weighted by Gasteiger charge is 2.27. The van der Waals surface area contributed by atoms with Gasteiger partial charge in [-0.1, -0.05) is 25.1 Å². The van der Waals surface area contributed by atoms with Crippen LogP contribution in [0, 0.1) is 0 Å². The predicted octanol–water partition coefficient (Wildman–Crippen LogP) is 3.80. The fourth-order valence-electron chi connectivity index (χ4n) is 3.62. The monoisotopic (exact) mass is 442 g/mol. The van der Waals surface area contributed by atoms with E-state index < -0.39 is 18.6 Å². The number of benzene rings is 2. The minimum atomic E-state index is -4.45. The summed E-state index contributed by atoms with van der Waals surface area (Å²) in [6.45, 7) is 0.725. The molecule has 4 aromatic rings. The highest BCUT2D eigenvalue weighted by atomic mass is 19.4. The molecular formula is C22H21F3N6O. The van der Waals surface area contributed by atoms with E-state index in [0.717, 1.165) is 28.7 Å². The maximum Gasteiger partial charge on any atom is 0.405 e. The molecule has 166 valence electrons. The van der Waals surface area contributed by atoms with E-state index in [1.165, 1.54) is 17.7 Å². The minimum absolute atomic E-state index is 0.134. The number of nitrogens with one attached hydrogen (secondary N) is 2. The molecule has 0 aliphatic heterocycles. The van der Waals surface area contributed by atoms with Crippen LogP contribution in [0.15, 0.2) is 42.6 Å². The van der Waals surface area contributed by atoms with Crippen LogP contribution in [-0.2, 0) is 19.9 Å². The third kappa shape index (κ3) is 4.48. The van der Waals surface area contributed by atoms with Crippen molar-refractivity contribution < 1.29 is 18.0 Å². The zero-order chi connectivity index (χ0) is 22.9. The van der Waals surface area contributed by atoms with Crippen molar-refractivity contribution in [2.75, 3.05) is 6.54 Å². The van der Waals surface area contributed by atoms with Crippen molar-refractivity contribution in [2.45, 2.75) is 25.9 Å². The fourth-order valence-corrected chi connectivity index (χ4v) is 3.62. The van der Waals surface area contributed by atoms with Crippen LogP contribution in [0.25, 0.3) is 22.3 Å². The number of halogens is 3. The number of alkyl halides is 3. The smallest absolute Gasteiger partial charge is 0.343 e. The van der Waals surface area contributed by atoms with Crippen LogP contribution in [0.4, 0.5) is 13.2 Å². The Balaban J connectivity index is 1.53. The molecule has 0 saturated heterocycles. The summed E-state index contributed by atoms with van der Waals surface area (Å²) in [7, 11) is 1.81. The maximum atomic E-state index is 12.3. The van der Waals surface area contributed by atoms with Gasteiger partial charge in [-0.15, -0.1) is 0 Å². The average Bonchev–Trinajstić information content (AvgIpc) is 3.38. The van der Waals surface area contributed by atoms with E-state index in [1.54, 1.807) is 16.8 Å². The Labute approximate surface area is 181 Å². The van der Waals surface area contributed by atoms with Crippen molar-refractivity contribution >= 4 is 16.8 Å². The quantitative estimate of drug-likeness (QED) is 0.475. The van der Waals surface area contributed by atoms with Gasteiger partial charge in [0.1, 0.15) is 12.4 Å². The lowest BCUT2D eigenvalue weighted by Gasteiger charge is -2.08. The van der Waals surface area contributed by atoms with Gasteiger partial charge in [0.25, 0.3) is 5.91 Å². The molecule has 0 spiro atoms. The summed E-state index contributed by atoms with van der Waals surface area (Å²) in [5.74, 6) is 0.460. The standard InChI is InChI=1S/C22H21F3N6O/c1-3-16-15(8-9-18-17(16)11-27-29-18)10-19-28-20(30-31(19)2)13-4-6-14(7-5-13)21(32)26-12-22(23,24)25/h4-9,11H,3,10,12H2,1-2H3,(H,26,32)(H,27,29). The molecule has 0 saturated carbocycles. The number of aromatic amines is 1. The lowest BCUT2D eigenvalue weighted by atomic mass is 9.98. The number of H-pyrrole nitrogens is 1. The zero-order valence-electron chi connectivity index (χ0n) is 17.5. The topological polar surface area (TPSA) is 88.5 Å². The van der Waals surface area contributed by atoms with Crippen LogP contribution in [0.5, 0.6) is 0 Å². The molecule has 32 heavy (non-hydrogen) atoms. The van der Waals surface area contributed by atoms with Gasteiger partial charge >= 0.3 is 6.18 Å². The van der Waals surface area contributed by atoms with Gasteiger partial charge in [0, 0.05) is 30.0 Å². The summed E-state index contributed by atoms with van der Waals surface area (Å²) in [5.41, 5.74) is 4.13. The summed E-state index contributed by atoms with van der Waals surface area (Å²) in [6, 6.07) is 10.2. The van der Waals surface area contributed by atoms with Crippen LogP contribution in [0.2, 0.25) is 0 Å². The number of hydrogen-bond donors (Lipinski definition) is 2. The molecule has 0 unspecified atom stereocenters. The first-order chi connectivity index (χ1) is 15.2. The molecule has 1 amide bonds. The summed E-state index contributed by atoms with van der Waals surface area (Å²) >= 11 is 0. The van der Waals surface area contributed by atoms with Crippen molar-refractivity contribution in [3.63, 3.8) is 0 Å². The summed E-state index contributed by atoms with van der Waals surface area (Å²) in [5, 5.41) is 14.5. The second kappa shape index (κ2) is 8.45. The number of nitrogens with zero attached hydrogens (tertiary/aromatic N) is 4. The number of carbonyl (C=O) groups is 1.